The molecule has 1 heterocycles. The third-order valence-corrected chi connectivity index (χ3v) is 4.68. The van der Waals surface area contributed by atoms with Crippen LogP contribution < -0.4 is 5.32 Å². The Morgan fingerprint density at radius 2 is 1.95 bits per heavy atom. The van der Waals surface area contributed by atoms with Crippen molar-refractivity contribution in [3.05, 3.63) is 29.8 Å². The maximum Gasteiger partial charge on any atom is 0.241 e. The van der Waals surface area contributed by atoms with Gasteiger partial charge in [-0.2, -0.15) is 11.8 Å². The molecule has 3 nitrogen and oxygen atoms in total. The Morgan fingerprint density at radius 3 is 2.53 bits per heavy atom. The van der Waals surface area contributed by atoms with Gasteiger partial charge in [0.2, 0.25) is 5.91 Å². The highest BCUT2D eigenvalue weighted by molar-refractivity contribution is 7.98. The summed E-state index contributed by atoms with van der Waals surface area (Å²) >= 11 is 3.50. The number of benzene rings is 1. The van der Waals surface area contributed by atoms with Crippen LogP contribution in [0.5, 0.6) is 0 Å². The van der Waals surface area contributed by atoms with E-state index in [1.807, 2.05) is 11.8 Å². The molecule has 0 aliphatic carbocycles. The highest BCUT2D eigenvalue weighted by Gasteiger charge is 2.36. The van der Waals surface area contributed by atoms with Gasteiger partial charge in [-0.15, -0.1) is 11.8 Å². The third-order valence-electron chi connectivity index (χ3n) is 3.34. The molecule has 19 heavy (non-hydrogen) atoms. The average Bonchev–Trinajstić information content (AvgIpc) is 2.73. The summed E-state index contributed by atoms with van der Waals surface area (Å²) in [6.07, 6.45) is 4.16. The molecule has 1 aliphatic heterocycles. The molecule has 2 rings (SSSR count). The molecular weight excluding hydrogens is 276 g/mol. The molecule has 1 fully saturated rings. The van der Waals surface area contributed by atoms with Crippen LogP contribution in [0.2, 0.25) is 0 Å². The lowest BCUT2D eigenvalue weighted by atomic mass is 10.1. The monoisotopic (exact) mass is 296 g/mol. The summed E-state index contributed by atoms with van der Waals surface area (Å²) in [6.45, 7) is 2.73. The molecule has 0 aromatic heterocycles. The van der Waals surface area contributed by atoms with E-state index < -0.39 is 0 Å². The Kier molecular flexibility index (Phi) is 5.19. The molecule has 0 spiro atoms. The first-order chi connectivity index (χ1) is 9.17. The fourth-order valence-electron chi connectivity index (χ4n) is 2.27. The average molecular weight is 296 g/mol. The largest absolute Gasteiger partial charge is 0.321 e. The van der Waals surface area contributed by atoms with Gasteiger partial charge < -0.3 is 4.90 Å². The summed E-state index contributed by atoms with van der Waals surface area (Å²) in [5.74, 6) is 1.17. The van der Waals surface area contributed by atoms with Crippen LogP contribution in [0.15, 0.2) is 29.2 Å². The number of rotatable bonds is 5. The summed E-state index contributed by atoms with van der Waals surface area (Å²) in [5, 5.41) is 3.38. The van der Waals surface area contributed by atoms with E-state index in [0.29, 0.717) is 0 Å². The molecule has 2 unspecified atom stereocenters. The number of carbonyl (C=O) groups is 1. The van der Waals surface area contributed by atoms with Crippen LogP contribution in [0.4, 0.5) is 0 Å². The van der Waals surface area contributed by atoms with Crippen molar-refractivity contribution in [2.75, 3.05) is 24.8 Å². The van der Waals surface area contributed by atoms with Crippen molar-refractivity contribution >= 4 is 29.4 Å². The van der Waals surface area contributed by atoms with Crippen LogP contribution in [0, 0.1) is 0 Å². The molecular formula is C14H20N2OS2. The lowest BCUT2D eigenvalue weighted by molar-refractivity contribution is -0.129. The smallest absolute Gasteiger partial charge is 0.241 e. The van der Waals surface area contributed by atoms with Gasteiger partial charge >= 0.3 is 0 Å². The predicted molar refractivity (Wildman–Crippen MR) is 83.7 cm³/mol. The fraction of sp³-hybridized carbons (Fsp3) is 0.500. The Morgan fingerprint density at radius 1 is 1.26 bits per heavy atom. The first-order valence-corrected chi connectivity index (χ1v) is 8.98. The van der Waals surface area contributed by atoms with Crippen molar-refractivity contribution in [3.63, 3.8) is 0 Å². The van der Waals surface area contributed by atoms with E-state index in [-0.39, 0.29) is 18.1 Å². The maximum absolute atomic E-state index is 12.2. The van der Waals surface area contributed by atoms with Crippen LogP contribution in [-0.4, -0.2) is 41.7 Å². The van der Waals surface area contributed by atoms with Crippen LogP contribution in [-0.2, 0) is 4.79 Å². The summed E-state index contributed by atoms with van der Waals surface area (Å²) in [5.41, 5.74) is 1.16. The molecule has 104 valence electrons. The van der Waals surface area contributed by atoms with Crippen LogP contribution >= 0.6 is 23.5 Å². The van der Waals surface area contributed by atoms with E-state index in [0.717, 1.165) is 17.9 Å². The van der Waals surface area contributed by atoms with Crippen LogP contribution in [0.25, 0.3) is 0 Å². The molecule has 1 aliphatic rings. The number of amides is 1. The topological polar surface area (TPSA) is 32.3 Å². The molecule has 1 aromatic rings. The summed E-state index contributed by atoms with van der Waals surface area (Å²) in [6, 6.07) is 8.36. The minimum absolute atomic E-state index is 0.0190. The molecule has 0 radical (unpaired) electrons. The third kappa shape index (κ3) is 3.27. The van der Waals surface area contributed by atoms with Gasteiger partial charge in [0.15, 0.2) is 0 Å². The Labute approximate surface area is 123 Å². The van der Waals surface area contributed by atoms with Crippen LogP contribution in [0.1, 0.15) is 18.7 Å². The second-order valence-corrected chi connectivity index (χ2v) is 6.45. The van der Waals surface area contributed by atoms with Crippen molar-refractivity contribution in [1.29, 1.82) is 0 Å². The van der Waals surface area contributed by atoms with E-state index in [2.05, 4.69) is 42.1 Å². The van der Waals surface area contributed by atoms with Crippen molar-refractivity contribution in [1.82, 2.24) is 10.2 Å². The zero-order valence-electron chi connectivity index (χ0n) is 11.6. The number of nitrogens with one attached hydrogen (secondary N) is 1. The van der Waals surface area contributed by atoms with Crippen molar-refractivity contribution < 1.29 is 4.79 Å². The van der Waals surface area contributed by atoms with Crippen molar-refractivity contribution in [2.45, 2.75) is 24.0 Å². The molecule has 1 aromatic carbocycles. The van der Waals surface area contributed by atoms with Gasteiger partial charge in [-0.1, -0.05) is 12.1 Å². The van der Waals surface area contributed by atoms with Gasteiger partial charge in [-0.3, -0.25) is 10.1 Å². The van der Waals surface area contributed by atoms with E-state index in [1.54, 1.807) is 23.5 Å². The maximum atomic E-state index is 12.2. The Balaban J connectivity index is 2.17. The zero-order valence-corrected chi connectivity index (χ0v) is 13.2. The highest BCUT2D eigenvalue weighted by Crippen LogP contribution is 2.27. The van der Waals surface area contributed by atoms with E-state index in [9.17, 15) is 4.79 Å². The van der Waals surface area contributed by atoms with E-state index in [4.69, 9.17) is 0 Å². The first kappa shape index (κ1) is 14.8. The van der Waals surface area contributed by atoms with Crippen molar-refractivity contribution in [3.8, 4) is 0 Å². The number of hydrogen-bond donors (Lipinski definition) is 1. The number of carbonyl (C=O) groups excluding carboxylic acids is 1. The van der Waals surface area contributed by atoms with Crippen molar-refractivity contribution in [2.24, 2.45) is 0 Å². The minimum atomic E-state index is -0.0907. The SMILES string of the molecule is CSCCN1C(=O)C(C)NC1c1ccc(SC)cc1. The van der Waals surface area contributed by atoms with E-state index in [1.165, 1.54) is 4.90 Å². The van der Waals surface area contributed by atoms with Gasteiger partial charge in [0.1, 0.15) is 6.17 Å². The fourth-order valence-corrected chi connectivity index (χ4v) is 3.05. The second-order valence-electron chi connectivity index (χ2n) is 4.59. The quantitative estimate of drug-likeness (QED) is 0.847. The van der Waals surface area contributed by atoms with Gasteiger partial charge in [-0.05, 0) is 37.1 Å². The van der Waals surface area contributed by atoms with Gasteiger partial charge in [0.25, 0.3) is 0 Å². The molecule has 1 N–H and O–H groups in total. The van der Waals surface area contributed by atoms with Gasteiger partial charge in [0, 0.05) is 17.2 Å². The molecule has 1 amide bonds. The number of hydrogen-bond acceptors (Lipinski definition) is 4. The molecule has 2 atom stereocenters. The first-order valence-electron chi connectivity index (χ1n) is 6.36. The summed E-state index contributed by atoms with van der Waals surface area (Å²) < 4.78 is 0. The molecule has 0 saturated carbocycles. The summed E-state index contributed by atoms with van der Waals surface area (Å²) in [7, 11) is 0. The van der Waals surface area contributed by atoms with Gasteiger partial charge in [-0.25, -0.2) is 0 Å². The normalized spacial score (nSPS) is 23.1. The number of thioether (sulfide) groups is 2. The lowest BCUT2D eigenvalue weighted by Crippen LogP contribution is -2.32. The highest BCUT2D eigenvalue weighted by atomic mass is 32.2. The Hall–Kier alpha value is -0.650. The number of nitrogens with zero attached hydrogens (tertiary/aromatic N) is 1. The standard InChI is InChI=1S/C14H20N2OS2/c1-10-14(17)16(8-9-18-2)13(15-10)11-4-6-12(19-3)7-5-11/h4-7,10,13,15H,8-9H2,1-3H3. The molecule has 5 heteroatoms. The minimum Gasteiger partial charge on any atom is -0.321 e. The molecule has 0 bridgehead atoms. The zero-order chi connectivity index (χ0) is 13.8. The molecule has 1 saturated heterocycles. The van der Waals surface area contributed by atoms with Crippen LogP contribution in [0.3, 0.4) is 0 Å². The summed E-state index contributed by atoms with van der Waals surface area (Å²) in [4.78, 5) is 15.4. The van der Waals surface area contributed by atoms with Gasteiger partial charge in [0.05, 0.1) is 6.04 Å². The Bertz CT molecular complexity index is 436. The van der Waals surface area contributed by atoms with E-state index >= 15 is 0 Å². The second kappa shape index (κ2) is 6.68. The predicted octanol–water partition coefficient (Wildman–Crippen LogP) is 2.59. The lowest BCUT2D eigenvalue weighted by Gasteiger charge is -2.24.